The molecule has 4 heteroatoms. The van der Waals surface area contributed by atoms with E-state index in [1.165, 1.54) is 0 Å². The summed E-state index contributed by atoms with van der Waals surface area (Å²) >= 11 is 14.0. The lowest BCUT2D eigenvalue weighted by atomic mass is 10.1. The molecule has 0 bridgehead atoms. The second-order valence-electron chi connectivity index (χ2n) is 4.69. The Morgan fingerprint density at radius 1 is 1.10 bits per heavy atom. The lowest BCUT2D eigenvalue weighted by Gasteiger charge is -2.11. The van der Waals surface area contributed by atoms with Crippen LogP contribution in [-0.4, -0.2) is 6.04 Å². The van der Waals surface area contributed by atoms with Gasteiger partial charge in [-0.15, -0.1) is 0 Å². The Labute approximate surface area is 134 Å². The average Bonchev–Trinajstić information content (AvgIpc) is 2.41. The van der Waals surface area contributed by atoms with Crippen LogP contribution >= 0.6 is 35.0 Å². The van der Waals surface area contributed by atoms with Crippen molar-refractivity contribution >= 4 is 35.0 Å². The number of nitrogens with two attached hydrogens (primary N) is 1. The minimum atomic E-state index is 0.166. The molecule has 0 spiro atoms. The maximum absolute atomic E-state index is 6.33. The summed E-state index contributed by atoms with van der Waals surface area (Å²) in [7, 11) is 0. The molecule has 2 aromatic rings. The van der Waals surface area contributed by atoms with Gasteiger partial charge in [-0.1, -0.05) is 54.0 Å². The Morgan fingerprint density at radius 2 is 1.85 bits per heavy atom. The molecule has 20 heavy (non-hydrogen) atoms. The predicted molar refractivity (Wildman–Crippen MR) is 89.0 cm³/mol. The van der Waals surface area contributed by atoms with Gasteiger partial charge in [-0.25, -0.2) is 0 Å². The van der Waals surface area contributed by atoms with Gasteiger partial charge in [0, 0.05) is 25.9 Å². The largest absolute Gasteiger partial charge is 0.327 e. The zero-order valence-electron chi connectivity index (χ0n) is 11.3. The highest BCUT2D eigenvalue weighted by Crippen LogP contribution is 2.32. The third kappa shape index (κ3) is 4.42. The van der Waals surface area contributed by atoms with Crippen molar-refractivity contribution in [2.24, 2.45) is 5.73 Å². The Bertz CT molecular complexity index is 586. The van der Waals surface area contributed by atoms with Crippen LogP contribution in [0.15, 0.2) is 52.3 Å². The molecular formula is C16H17Cl2NS. The van der Waals surface area contributed by atoms with E-state index < -0.39 is 0 Å². The molecule has 0 radical (unpaired) electrons. The third-order valence-electron chi connectivity index (χ3n) is 3.06. The predicted octanol–water partition coefficient (Wildman–Crippen LogP) is 5.42. The number of hydrogen-bond acceptors (Lipinski definition) is 2. The van der Waals surface area contributed by atoms with Crippen LogP contribution in [0.1, 0.15) is 18.9 Å². The lowest BCUT2D eigenvalue weighted by molar-refractivity contribution is 0.646. The zero-order valence-corrected chi connectivity index (χ0v) is 13.6. The van der Waals surface area contributed by atoms with Gasteiger partial charge in [-0.3, -0.25) is 0 Å². The van der Waals surface area contributed by atoms with E-state index >= 15 is 0 Å². The zero-order chi connectivity index (χ0) is 14.5. The number of halogens is 2. The lowest BCUT2D eigenvalue weighted by Crippen LogP contribution is -2.21. The first-order valence-corrected chi connectivity index (χ1v) is 8.13. The van der Waals surface area contributed by atoms with Gasteiger partial charge in [0.05, 0.1) is 0 Å². The van der Waals surface area contributed by atoms with Crippen LogP contribution in [0.4, 0.5) is 0 Å². The molecule has 0 aliphatic rings. The smallest absolute Gasteiger partial charge is 0.0449 e. The second kappa shape index (κ2) is 7.37. The minimum absolute atomic E-state index is 0.166. The molecule has 0 aliphatic heterocycles. The average molecular weight is 326 g/mol. The number of hydrogen-bond donors (Lipinski definition) is 1. The minimum Gasteiger partial charge on any atom is -0.327 e. The maximum atomic E-state index is 6.33. The van der Waals surface area contributed by atoms with Crippen molar-refractivity contribution < 1.29 is 0 Å². The third-order valence-corrected chi connectivity index (χ3v) is 4.63. The van der Waals surface area contributed by atoms with E-state index in [1.807, 2.05) is 30.3 Å². The van der Waals surface area contributed by atoms with Crippen LogP contribution in [0.5, 0.6) is 0 Å². The fourth-order valence-corrected chi connectivity index (χ4v) is 3.35. The van der Waals surface area contributed by atoms with Gasteiger partial charge in [0.1, 0.15) is 0 Å². The maximum Gasteiger partial charge on any atom is 0.0449 e. The van der Waals surface area contributed by atoms with Gasteiger partial charge < -0.3 is 5.73 Å². The van der Waals surface area contributed by atoms with Crippen LogP contribution in [0.25, 0.3) is 0 Å². The molecule has 106 valence electrons. The van der Waals surface area contributed by atoms with E-state index in [2.05, 4.69) is 19.1 Å². The van der Waals surface area contributed by atoms with E-state index in [1.54, 1.807) is 11.8 Å². The highest BCUT2D eigenvalue weighted by atomic mass is 35.5. The number of benzene rings is 2. The second-order valence-corrected chi connectivity index (χ2v) is 6.68. The highest BCUT2D eigenvalue weighted by Gasteiger charge is 2.07. The molecule has 2 aromatic carbocycles. The molecule has 0 saturated carbocycles. The molecule has 2 rings (SSSR count). The molecule has 1 atom stereocenters. The van der Waals surface area contributed by atoms with E-state index in [0.717, 1.165) is 38.2 Å². The molecule has 0 aromatic heterocycles. The molecule has 1 unspecified atom stereocenters. The van der Waals surface area contributed by atoms with Crippen molar-refractivity contribution in [3.05, 3.63) is 58.1 Å². The normalized spacial score (nSPS) is 12.4. The molecule has 0 fully saturated rings. The van der Waals surface area contributed by atoms with Crippen molar-refractivity contribution in [1.82, 2.24) is 0 Å². The Hall–Kier alpha value is -0.670. The van der Waals surface area contributed by atoms with Gasteiger partial charge in [0.2, 0.25) is 0 Å². The summed E-state index contributed by atoms with van der Waals surface area (Å²) < 4.78 is 0. The molecule has 0 heterocycles. The first-order chi connectivity index (χ1) is 9.58. The summed E-state index contributed by atoms with van der Waals surface area (Å²) in [5.74, 6) is 0. The van der Waals surface area contributed by atoms with Crippen LogP contribution in [0, 0.1) is 0 Å². The molecule has 0 saturated heterocycles. The molecule has 1 nitrogen and oxygen atoms in total. The fourth-order valence-electron chi connectivity index (χ4n) is 1.85. The van der Waals surface area contributed by atoms with E-state index in [0.29, 0.717) is 0 Å². The van der Waals surface area contributed by atoms with Gasteiger partial charge >= 0.3 is 0 Å². The molecule has 0 amide bonds. The van der Waals surface area contributed by atoms with Crippen molar-refractivity contribution in [2.75, 3.05) is 0 Å². The molecule has 2 N–H and O–H groups in total. The monoisotopic (exact) mass is 325 g/mol. The van der Waals surface area contributed by atoms with Crippen LogP contribution < -0.4 is 5.73 Å². The topological polar surface area (TPSA) is 26.0 Å². The summed E-state index contributed by atoms with van der Waals surface area (Å²) in [5.41, 5.74) is 7.08. The summed E-state index contributed by atoms with van der Waals surface area (Å²) in [5, 5.41) is 1.52. The Morgan fingerprint density at radius 3 is 2.50 bits per heavy atom. The standard InChI is InChI=1S/C16H17Cl2NS/c1-2-13(19)8-11-6-7-15(10-16(11)18)20-14-5-3-4-12(17)9-14/h3-7,9-10,13H,2,8,19H2,1H3. The molecule has 0 aliphatic carbocycles. The van der Waals surface area contributed by atoms with Crippen LogP contribution in [-0.2, 0) is 6.42 Å². The fraction of sp³-hybridized carbons (Fsp3) is 0.250. The quantitative estimate of drug-likeness (QED) is 0.793. The molecular weight excluding hydrogens is 309 g/mol. The van der Waals surface area contributed by atoms with E-state index in [-0.39, 0.29) is 6.04 Å². The van der Waals surface area contributed by atoms with Crippen molar-refractivity contribution in [3.63, 3.8) is 0 Å². The van der Waals surface area contributed by atoms with Crippen molar-refractivity contribution in [2.45, 2.75) is 35.6 Å². The van der Waals surface area contributed by atoms with Crippen molar-refractivity contribution in [3.8, 4) is 0 Å². The first-order valence-electron chi connectivity index (χ1n) is 6.56. The van der Waals surface area contributed by atoms with Crippen LogP contribution in [0.2, 0.25) is 10.0 Å². The summed E-state index contributed by atoms with van der Waals surface area (Å²) in [6.45, 7) is 2.09. The SMILES string of the molecule is CCC(N)Cc1ccc(Sc2cccc(Cl)c2)cc1Cl. The highest BCUT2D eigenvalue weighted by molar-refractivity contribution is 7.99. The summed E-state index contributed by atoms with van der Waals surface area (Å²) in [4.78, 5) is 2.21. The van der Waals surface area contributed by atoms with Gasteiger partial charge in [0.15, 0.2) is 0 Å². The summed E-state index contributed by atoms with van der Waals surface area (Å²) in [6.07, 6.45) is 1.77. The number of rotatable bonds is 5. The van der Waals surface area contributed by atoms with Crippen LogP contribution in [0.3, 0.4) is 0 Å². The van der Waals surface area contributed by atoms with Gasteiger partial charge in [-0.05, 0) is 48.7 Å². The first kappa shape index (κ1) is 15.7. The van der Waals surface area contributed by atoms with Gasteiger partial charge in [0.25, 0.3) is 0 Å². The summed E-state index contributed by atoms with van der Waals surface area (Å²) in [6, 6.07) is 14.1. The Balaban J connectivity index is 2.13. The van der Waals surface area contributed by atoms with E-state index in [9.17, 15) is 0 Å². The van der Waals surface area contributed by atoms with Gasteiger partial charge in [-0.2, -0.15) is 0 Å². The van der Waals surface area contributed by atoms with Crippen molar-refractivity contribution in [1.29, 1.82) is 0 Å². The Kier molecular flexibility index (Phi) is 5.79. The van der Waals surface area contributed by atoms with E-state index in [4.69, 9.17) is 28.9 Å².